The maximum absolute atomic E-state index is 5.17. The molecule has 160 valence electrons. The standard InChI is InChI=1S/C22H33N5O.HI/c1-16-12-17(2)21(18(3)13-16)6-7-24-22(23-5)27-10-8-26(9-11-27)15-20-14-19(4)28-25-20;/h12-14H,6-11,15H2,1-5H3,(H,23,24);1H. The van der Waals surface area contributed by atoms with E-state index in [-0.39, 0.29) is 24.0 Å². The minimum Gasteiger partial charge on any atom is -0.361 e. The summed E-state index contributed by atoms with van der Waals surface area (Å²) in [5.74, 6) is 1.87. The number of aryl methyl sites for hydroxylation is 4. The number of aliphatic imine (C=N–C) groups is 1. The van der Waals surface area contributed by atoms with Gasteiger partial charge in [-0.25, -0.2) is 0 Å². The Hall–Kier alpha value is -1.61. The molecule has 1 aromatic heterocycles. The molecule has 0 unspecified atom stereocenters. The molecular formula is C22H34IN5O. The number of halogens is 1. The molecule has 0 amide bonds. The van der Waals surface area contributed by atoms with Crippen LogP contribution in [-0.2, 0) is 13.0 Å². The molecule has 7 heteroatoms. The molecule has 1 saturated heterocycles. The predicted molar refractivity (Wildman–Crippen MR) is 129 cm³/mol. The van der Waals surface area contributed by atoms with E-state index >= 15 is 0 Å². The van der Waals surface area contributed by atoms with Crippen molar-refractivity contribution in [2.24, 2.45) is 4.99 Å². The van der Waals surface area contributed by atoms with E-state index in [2.05, 4.69) is 58.2 Å². The highest BCUT2D eigenvalue weighted by Crippen LogP contribution is 2.16. The minimum absolute atomic E-state index is 0. The molecule has 29 heavy (non-hydrogen) atoms. The van der Waals surface area contributed by atoms with Crippen molar-refractivity contribution in [1.82, 2.24) is 20.3 Å². The number of guanidine groups is 1. The molecule has 0 atom stereocenters. The highest BCUT2D eigenvalue weighted by molar-refractivity contribution is 14.0. The van der Waals surface area contributed by atoms with Gasteiger partial charge < -0.3 is 14.7 Å². The Bertz CT molecular complexity index is 801. The van der Waals surface area contributed by atoms with Gasteiger partial charge in [0.15, 0.2) is 5.96 Å². The van der Waals surface area contributed by atoms with Crippen LogP contribution in [0, 0.1) is 27.7 Å². The lowest BCUT2D eigenvalue weighted by molar-refractivity contribution is 0.169. The van der Waals surface area contributed by atoms with Gasteiger partial charge in [0.2, 0.25) is 0 Å². The average molecular weight is 511 g/mol. The fourth-order valence-electron chi connectivity index (χ4n) is 4.08. The summed E-state index contributed by atoms with van der Waals surface area (Å²) in [6.07, 6.45) is 1.02. The minimum atomic E-state index is 0. The predicted octanol–water partition coefficient (Wildman–Crippen LogP) is 3.46. The van der Waals surface area contributed by atoms with Crippen molar-refractivity contribution in [3.05, 3.63) is 51.9 Å². The van der Waals surface area contributed by atoms with Gasteiger partial charge in [0.1, 0.15) is 5.76 Å². The highest BCUT2D eigenvalue weighted by atomic mass is 127. The molecule has 0 aliphatic carbocycles. The molecule has 0 spiro atoms. The molecule has 1 aliphatic rings. The molecule has 0 radical (unpaired) electrons. The number of piperazine rings is 1. The second-order valence-corrected chi connectivity index (χ2v) is 7.79. The van der Waals surface area contributed by atoms with Gasteiger partial charge >= 0.3 is 0 Å². The third-order valence-corrected chi connectivity index (χ3v) is 5.44. The fraction of sp³-hybridized carbons (Fsp3) is 0.545. The topological polar surface area (TPSA) is 56.9 Å². The number of rotatable bonds is 5. The number of aromatic nitrogens is 1. The normalized spacial score (nSPS) is 15.3. The summed E-state index contributed by atoms with van der Waals surface area (Å²) in [7, 11) is 1.87. The van der Waals surface area contributed by atoms with Gasteiger partial charge in [0, 0.05) is 52.4 Å². The van der Waals surface area contributed by atoms with E-state index in [1.807, 2.05) is 20.0 Å². The van der Waals surface area contributed by atoms with Crippen LogP contribution in [-0.4, -0.2) is 60.7 Å². The quantitative estimate of drug-likeness (QED) is 0.379. The van der Waals surface area contributed by atoms with Gasteiger partial charge in [-0.1, -0.05) is 22.9 Å². The smallest absolute Gasteiger partial charge is 0.193 e. The van der Waals surface area contributed by atoms with E-state index in [4.69, 9.17) is 4.52 Å². The molecule has 2 heterocycles. The van der Waals surface area contributed by atoms with Crippen molar-refractivity contribution >= 4 is 29.9 Å². The second-order valence-electron chi connectivity index (χ2n) is 7.79. The van der Waals surface area contributed by atoms with E-state index in [1.54, 1.807) is 0 Å². The van der Waals surface area contributed by atoms with Crippen LogP contribution in [0.4, 0.5) is 0 Å². The fourth-order valence-corrected chi connectivity index (χ4v) is 4.08. The van der Waals surface area contributed by atoms with Crippen molar-refractivity contribution in [3.8, 4) is 0 Å². The number of hydrogen-bond acceptors (Lipinski definition) is 4. The Morgan fingerprint density at radius 3 is 2.28 bits per heavy atom. The van der Waals surface area contributed by atoms with Crippen LogP contribution in [0.25, 0.3) is 0 Å². The molecule has 1 aliphatic heterocycles. The van der Waals surface area contributed by atoms with Gasteiger partial charge in [-0.15, -0.1) is 24.0 Å². The number of benzene rings is 1. The Labute approximate surface area is 191 Å². The van der Waals surface area contributed by atoms with Gasteiger partial charge in [-0.2, -0.15) is 0 Å². The first kappa shape index (κ1) is 23.7. The van der Waals surface area contributed by atoms with Crippen LogP contribution in [0.1, 0.15) is 33.7 Å². The summed E-state index contributed by atoms with van der Waals surface area (Å²) >= 11 is 0. The Kier molecular flexibility index (Phi) is 8.95. The molecule has 1 N–H and O–H groups in total. The van der Waals surface area contributed by atoms with E-state index in [0.29, 0.717) is 0 Å². The molecular weight excluding hydrogens is 477 g/mol. The van der Waals surface area contributed by atoms with Crippen molar-refractivity contribution in [2.45, 2.75) is 40.7 Å². The van der Waals surface area contributed by atoms with Crippen molar-refractivity contribution < 1.29 is 4.52 Å². The molecule has 2 aromatic rings. The summed E-state index contributed by atoms with van der Waals surface area (Å²) in [6, 6.07) is 6.56. The lowest BCUT2D eigenvalue weighted by atomic mass is 9.97. The molecule has 3 rings (SSSR count). The van der Waals surface area contributed by atoms with Crippen LogP contribution in [0.15, 0.2) is 27.7 Å². The summed E-state index contributed by atoms with van der Waals surface area (Å²) < 4.78 is 5.17. The van der Waals surface area contributed by atoms with Crippen molar-refractivity contribution in [3.63, 3.8) is 0 Å². The van der Waals surface area contributed by atoms with Crippen LogP contribution in [0.2, 0.25) is 0 Å². The molecule has 1 aromatic carbocycles. The Balaban J connectivity index is 0.00000300. The van der Waals surface area contributed by atoms with Gasteiger partial charge in [-0.3, -0.25) is 9.89 Å². The van der Waals surface area contributed by atoms with E-state index in [9.17, 15) is 0 Å². The zero-order valence-corrected chi connectivity index (χ0v) is 20.6. The van der Waals surface area contributed by atoms with Gasteiger partial charge in [0.25, 0.3) is 0 Å². The van der Waals surface area contributed by atoms with Crippen LogP contribution in [0.3, 0.4) is 0 Å². The van der Waals surface area contributed by atoms with E-state index < -0.39 is 0 Å². The zero-order valence-electron chi connectivity index (χ0n) is 18.3. The first-order valence-corrected chi connectivity index (χ1v) is 10.1. The van der Waals surface area contributed by atoms with Gasteiger partial charge in [-0.05, 0) is 50.8 Å². The monoisotopic (exact) mass is 511 g/mol. The van der Waals surface area contributed by atoms with Crippen LogP contribution >= 0.6 is 24.0 Å². The third-order valence-electron chi connectivity index (χ3n) is 5.44. The summed E-state index contributed by atoms with van der Waals surface area (Å²) in [5.41, 5.74) is 6.55. The average Bonchev–Trinajstić information content (AvgIpc) is 3.06. The number of nitrogens with zero attached hydrogens (tertiary/aromatic N) is 4. The molecule has 0 bridgehead atoms. The zero-order chi connectivity index (χ0) is 20.1. The van der Waals surface area contributed by atoms with E-state index in [1.165, 1.54) is 22.3 Å². The van der Waals surface area contributed by atoms with Crippen molar-refractivity contribution in [1.29, 1.82) is 0 Å². The maximum Gasteiger partial charge on any atom is 0.193 e. The third kappa shape index (κ3) is 6.44. The molecule has 1 fully saturated rings. The van der Waals surface area contributed by atoms with E-state index in [0.717, 1.165) is 63.1 Å². The first-order chi connectivity index (χ1) is 13.5. The second kappa shape index (κ2) is 11.0. The molecule has 6 nitrogen and oxygen atoms in total. The highest BCUT2D eigenvalue weighted by Gasteiger charge is 2.20. The molecule has 0 saturated carbocycles. The Morgan fingerprint density at radius 2 is 1.72 bits per heavy atom. The largest absolute Gasteiger partial charge is 0.361 e. The first-order valence-electron chi connectivity index (χ1n) is 10.1. The van der Waals surface area contributed by atoms with Crippen molar-refractivity contribution in [2.75, 3.05) is 39.8 Å². The summed E-state index contributed by atoms with van der Waals surface area (Å²) in [6.45, 7) is 14.2. The van der Waals surface area contributed by atoms with Gasteiger partial charge in [0.05, 0.1) is 5.69 Å². The maximum atomic E-state index is 5.17. The van der Waals surface area contributed by atoms with Crippen LogP contribution in [0.5, 0.6) is 0 Å². The Morgan fingerprint density at radius 1 is 1.07 bits per heavy atom. The SMILES string of the molecule is CN=C(NCCc1c(C)cc(C)cc1C)N1CCN(Cc2cc(C)on2)CC1.I. The van der Waals surface area contributed by atoms with Crippen LogP contribution < -0.4 is 5.32 Å². The lowest BCUT2D eigenvalue weighted by Crippen LogP contribution is -2.52. The summed E-state index contributed by atoms with van der Waals surface area (Å²) in [4.78, 5) is 9.26. The number of nitrogens with one attached hydrogen (secondary N) is 1. The number of hydrogen-bond donors (Lipinski definition) is 1. The summed E-state index contributed by atoms with van der Waals surface area (Å²) in [5, 5.41) is 7.66. The lowest BCUT2D eigenvalue weighted by Gasteiger charge is -2.36.